The van der Waals surface area contributed by atoms with Gasteiger partial charge in [-0.25, -0.2) is 9.50 Å². The molecule has 0 saturated carbocycles. The van der Waals surface area contributed by atoms with Crippen LogP contribution in [0.2, 0.25) is 0 Å². The van der Waals surface area contributed by atoms with Crippen molar-refractivity contribution in [1.82, 2.24) is 14.6 Å². The lowest BCUT2D eigenvalue weighted by Crippen LogP contribution is -2.12. The average Bonchev–Trinajstić information content (AvgIpc) is 2.74. The molecule has 1 N–H and O–H groups in total. The predicted octanol–water partition coefficient (Wildman–Crippen LogP) is 2.41. The zero-order chi connectivity index (χ0) is 11.4. The molecule has 0 spiro atoms. The summed E-state index contributed by atoms with van der Waals surface area (Å²) in [5.41, 5.74) is 0.856. The van der Waals surface area contributed by atoms with Crippen LogP contribution in [-0.2, 0) is 0 Å². The molecule has 5 heteroatoms. The van der Waals surface area contributed by atoms with Crippen LogP contribution in [0.25, 0.3) is 5.65 Å². The summed E-state index contributed by atoms with van der Waals surface area (Å²) in [6.07, 6.45) is 4.66. The summed E-state index contributed by atoms with van der Waals surface area (Å²) in [5, 5.41) is 7.39. The minimum absolute atomic E-state index is 0.556. The molecule has 2 aromatic heterocycles. The van der Waals surface area contributed by atoms with Gasteiger partial charge in [-0.15, -0.1) is 11.6 Å². The molecule has 2 heterocycles. The highest BCUT2D eigenvalue weighted by Gasteiger charge is 2.02. The maximum absolute atomic E-state index is 5.69. The number of anilines is 1. The first kappa shape index (κ1) is 11.2. The Kier molecular flexibility index (Phi) is 3.62. The number of alkyl halides is 1. The molecule has 0 saturated heterocycles. The highest BCUT2D eigenvalue weighted by atomic mass is 35.5. The third-order valence-corrected chi connectivity index (χ3v) is 2.71. The Hall–Kier alpha value is -1.29. The summed E-state index contributed by atoms with van der Waals surface area (Å²) in [5.74, 6) is 2.15. The Morgan fingerprint density at radius 1 is 1.50 bits per heavy atom. The normalized spacial score (nSPS) is 12.9. The first-order valence-corrected chi connectivity index (χ1v) is 5.93. The van der Waals surface area contributed by atoms with Crippen molar-refractivity contribution in [2.24, 2.45) is 5.92 Å². The topological polar surface area (TPSA) is 42.2 Å². The molecule has 0 radical (unpaired) electrons. The van der Waals surface area contributed by atoms with Gasteiger partial charge in [0.05, 0.1) is 6.20 Å². The Balaban J connectivity index is 1.98. The molecule has 0 aliphatic rings. The number of nitrogens with zero attached hydrogens (tertiary/aromatic N) is 3. The number of aromatic nitrogens is 3. The zero-order valence-electron chi connectivity index (χ0n) is 9.23. The third-order valence-electron chi connectivity index (χ3n) is 2.49. The van der Waals surface area contributed by atoms with Gasteiger partial charge in [0, 0.05) is 24.7 Å². The van der Waals surface area contributed by atoms with Crippen molar-refractivity contribution in [2.45, 2.75) is 13.3 Å². The Bertz CT molecular complexity index is 454. The second kappa shape index (κ2) is 5.16. The van der Waals surface area contributed by atoms with Gasteiger partial charge in [0.2, 0.25) is 0 Å². The van der Waals surface area contributed by atoms with Crippen LogP contribution in [0.15, 0.2) is 24.5 Å². The van der Waals surface area contributed by atoms with E-state index in [-0.39, 0.29) is 0 Å². The van der Waals surface area contributed by atoms with Crippen molar-refractivity contribution in [3.8, 4) is 0 Å². The molecule has 1 unspecified atom stereocenters. The average molecular weight is 239 g/mol. The third kappa shape index (κ3) is 2.64. The standard InChI is InChI=1S/C11H15ClN4/c1-9(2-5-12)8-13-10-4-7-16-11(15-10)3-6-14-16/h3-4,6-7,9H,2,5,8H2,1H3,(H,13,15). The molecule has 0 aliphatic carbocycles. The van der Waals surface area contributed by atoms with E-state index in [0.29, 0.717) is 11.8 Å². The van der Waals surface area contributed by atoms with Gasteiger partial charge in [-0.1, -0.05) is 6.92 Å². The number of halogens is 1. The van der Waals surface area contributed by atoms with Gasteiger partial charge in [-0.3, -0.25) is 0 Å². The van der Waals surface area contributed by atoms with E-state index in [9.17, 15) is 0 Å². The molecular formula is C11H15ClN4. The fraction of sp³-hybridized carbons (Fsp3) is 0.455. The highest BCUT2D eigenvalue weighted by molar-refractivity contribution is 6.17. The Labute approximate surface area is 99.6 Å². The molecule has 0 aliphatic heterocycles. The van der Waals surface area contributed by atoms with Crippen LogP contribution in [0.1, 0.15) is 13.3 Å². The van der Waals surface area contributed by atoms with Crippen molar-refractivity contribution in [3.05, 3.63) is 24.5 Å². The van der Waals surface area contributed by atoms with E-state index in [1.54, 1.807) is 10.7 Å². The van der Waals surface area contributed by atoms with E-state index in [2.05, 4.69) is 22.3 Å². The molecule has 0 fully saturated rings. The monoisotopic (exact) mass is 238 g/mol. The van der Waals surface area contributed by atoms with Gasteiger partial charge in [0.15, 0.2) is 5.65 Å². The smallest absolute Gasteiger partial charge is 0.157 e. The molecule has 0 amide bonds. The van der Waals surface area contributed by atoms with Crippen molar-refractivity contribution in [3.63, 3.8) is 0 Å². The van der Waals surface area contributed by atoms with E-state index >= 15 is 0 Å². The SMILES string of the molecule is CC(CCCl)CNc1ccn2nccc2n1. The van der Waals surface area contributed by atoms with Crippen LogP contribution in [-0.4, -0.2) is 27.0 Å². The molecule has 16 heavy (non-hydrogen) atoms. The van der Waals surface area contributed by atoms with Crippen LogP contribution in [0.3, 0.4) is 0 Å². The second-order valence-corrected chi connectivity index (χ2v) is 4.29. The van der Waals surface area contributed by atoms with Crippen LogP contribution in [0, 0.1) is 5.92 Å². The van der Waals surface area contributed by atoms with Crippen molar-refractivity contribution in [2.75, 3.05) is 17.7 Å². The lowest BCUT2D eigenvalue weighted by atomic mass is 10.1. The molecule has 2 rings (SSSR count). The number of hydrogen-bond donors (Lipinski definition) is 1. The second-order valence-electron chi connectivity index (χ2n) is 3.91. The van der Waals surface area contributed by atoms with Crippen LogP contribution in [0.5, 0.6) is 0 Å². The summed E-state index contributed by atoms with van der Waals surface area (Å²) in [6, 6.07) is 3.81. The minimum atomic E-state index is 0.556. The summed E-state index contributed by atoms with van der Waals surface area (Å²) < 4.78 is 1.74. The van der Waals surface area contributed by atoms with Crippen LogP contribution in [0.4, 0.5) is 5.82 Å². The molecule has 1 atom stereocenters. The van der Waals surface area contributed by atoms with Crippen molar-refractivity contribution < 1.29 is 0 Å². The fourth-order valence-corrected chi connectivity index (χ4v) is 1.85. The molecule has 0 aromatic carbocycles. The molecular weight excluding hydrogens is 224 g/mol. The summed E-state index contributed by atoms with van der Waals surface area (Å²) in [7, 11) is 0. The summed E-state index contributed by atoms with van der Waals surface area (Å²) in [6.45, 7) is 3.07. The van der Waals surface area contributed by atoms with Gasteiger partial charge >= 0.3 is 0 Å². The van der Waals surface area contributed by atoms with Gasteiger partial charge in [0.25, 0.3) is 0 Å². The lowest BCUT2D eigenvalue weighted by molar-refractivity contribution is 0.596. The molecule has 4 nitrogen and oxygen atoms in total. The largest absolute Gasteiger partial charge is 0.370 e. The zero-order valence-corrected chi connectivity index (χ0v) is 9.98. The van der Waals surface area contributed by atoms with E-state index < -0.39 is 0 Å². The van der Waals surface area contributed by atoms with Gasteiger partial charge in [0.1, 0.15) is 5.82 Å². The minimum Gasteiger partial charge on any atom is -0.370 e. The number of hydrogen-bond acceptors (Lipinski definition) is 3. The van der Waals surface area contributed by atoms with E-state index in [0.717, 1.165) is 24.4 Å². The fourth-order valence-electron chi connectivity index (χ4n) is 1.48. The number of nitrogens with one attached hydrogen (secondary N) is 1. The lowest BCUT2D eigenvalue weighted by Gasteiger charge is -2.11. The first-order valence-electron chi connectivity index (χ1n) is 5.40. The Morgan fingerprint density at radius 2 is 2.38 bits per heavy atom. The van der Waals surface area contributed by atoms with Crippen molar-refractivity contribution >= 4 is 23.1 Å². The van der Waals surface area contributed by atoms with Gasteiger partial charge < -0.3 is 5.32 Å². The quantitative estimate of drug-likeness (QED) is 0.814. The van der Waals surface area contributed by atoms with Gasteiger partial charge in [-0.05, 0) is 18.4 Å². The molecule has 0 bridgehead atoms. The predicted molar refractivity (Wildman–Crippen MR) is 66.0 cm³/mol. The van der Waals surface area contributed by atoms with E-state index in [1.807, 2.05) is 18.3 Å². The molecule has 2 aromatic rings. The van der Waals surface area contributed by atoms with Crippen molar-refractivity contribution in [1.29, 1.82) is 0 Å². The molecule has 86 valence electrons. The van der Waals surface area contributed by atoms with Crippen LogP contribution < -0.4 is 5.32 Å². The summed E-state index contributed by atoms with van der Waals surface area (Å²) >= 11 is 5.69. The van der Waals surface area contributed by atoms with Crippen LogP contribution >= 0.6 is 11.6 Å². The maximum atomic E-state index is 5.69. The number of fused-ring (bicyclic) bond motifs is 1. The summed E-state index contributed by atoms with van der Waals surface area (Å²) in [4.78, 5) is 4.42. The van der Waals surface area contributed by atoms with E-state index in [4.69, 9.17) is 11.6 Å². The first-order chi connectivity index (χ1) is 7.79. The van der Waals surface area contributed by atoms with Gasteiger partial charge in [-0.2, -0.15) is 5.10 Å². The maximum Gasteiger partial charge on any atom is 0.157 e. The van der Waals surface area contributed by atoms with E-state index in [1.165, 1.54) is 0 Å². The highest BCUT2D eigenvalue weighted by Crippen LogP contribution is 2.08. The number of rotatable bonds is 5. The Morgan fingerprint density at radius 3 is 3.19 bits per heavy atom.